The van der Waals surface area contributed by atoms with E-state index in [-0.39, 0.29) is 22.7 Å². The minimum atomic E-state index is -0.823. The van der Waals surface area contributed by atoms with Crippen molar-refractivity contribution in [1.29, 1.82) is 0 Å². The van der Waals surface area contributed by atoms with Crippen molar-refractivity contribution in [1.82, 2.24) is 0 Å². The summed E-state index contributed by atoms with van der Waals surface area (Å²) in [6.45, 7) is 3.27. The Morgan fingerprint density at radius 1 is 1.17 bits per heavy atom. The van der Waals surface area contributed by atoms with Crippen LogP contribution in [0.25, 0.3) is 0 Å². The normalized spacial score (nSPS) is 10.2. The van der Waals surface area contributed by atoms with E-state index in [1.807, 2.05) is 13.0 Å². The molecule has 0 bridgehead atoms. The van der Waals surface area contributed by atoms with Gasteiger partial charge in [-0.1, -0.05) is 23.8 Å². The lowest BCUT2D eigenvalue weighted by molar-refractivity contribution is -0.383. The summed E-state index contributed by atoms with van der Waals surface area (Å²) in [5.41, 5.74) is 7.28. The molecule has 0 aromatic heterocycles. The van der Waals surface area contributed by atoms with Gasteiger partial charge in [0, 0.05) is 11.6 Å². The number of hydrogen-bond donors (Lipinski definition) is 1. The highest BCUT2D eigenvalue weighted by Gasteiger charge is 2.18. The lowest BCUT2D eigenvalue weighted by Crippen LogP contribution is -2.15. The van der Waals surface area contributed by atoms with Gasteiger partial charge in [-0.25, -0.2) is 4.79 Å². The average Bonchev–Trinajstić information content (AvgIpc) is 2.52. The van der Waals surface area contributed by atoms with Gasteiger partial charge in [-0.05, 0) is 31.5 Å². The predicted molar refractivity (Wildman–Crippen MR) is 88.0 cm³/mol. The Kier molecular flexibility index (Phi) is 4.93. The minimum absolute atomic E-state index is 0.0377. The minimum Gasteiger partial charge on any atom is -0.454 e. The van der Waals surface area contributed by atoms with Crippen LogP contribution in [0.2, 0.25) is 0 Å². The number of ketones is 1. The van der Waals surface area contributed by atoms with E-state index in [0.717, 1.165) is 17.2 Å². The highest BCUT2D eigenvalue weighted by molar-refractivity contribution is 6.00. The maximum Gasteiger partial charge on any atom is 0.338 e. The van der Waals surface area contributed by atoms with E-state index in [1.54, 1.807) is 19.1 Å². The summed E-state index contributed by atoms with van der Waals surface area (Å²) in [4.78, 5) is 34.2. The Morgan fingerprint density at radius 2 is 1.88 bits per heavy atom. The van der Waals surface area contributed by atoms with Gasteiger partial charge in [0.05, 0.1) is 10.5 Å². The molecule has 0 radical (unpaired) electrons. The molecule has 0 fully saturated rings. The van der Waals surface area contributed by atoms with Crippen LogP contribution >= 0.6 is 0 Å². The second-order valence-electron chi connectivity index (χ2n) is 5.35. The van der Waals surface area contributed by atoms with Crippen molar-refractivity contribution >= 4 is 23.1 Å². The van der Waals surface area contributed by atoms with E-state index in [0.29, 0.717) is 5.56 Å². The molecule has 0 unspecified atom stereocenters. The molecule has 24 heavy (non-hydrogen) atoms. The molecule has 7 nitrogen and oxygen atoms in total. The number of Topliss-reactive ketones (excluding diaryl/α,β-unsaturated/α-hetero) is 1. The molecule has 0 aliphatic heterocycles. The molecule has 7 heteroatoms. The standard InChI is InChI=1S/C17H16N2O5/c1-10-3-5-13(11(2)7-10)16(20)9-24-17(21)12-4-6-14(18)15(8-12)19(22)23/h3-8H,9,18H2,1-2H3. The quantitative estimate of drug-likeness (QED) is 0.297. The van der Waals surface area contributed by atoms with Crippen LogP contribution in [0.5, 0.6) is 0 Å². The number of benzene rings is 2. The summed E-state index contributed by atoms with van der Waals surface area (Å²) in [7, 11) is 0. The summed E-state index contributed by atoms with van der Waals surface area (Å²) in [6, 6.07) is 8.92. The molecule has 0 aliphatic rings. The number of aryl methyl sites for hydroxylation is 2. The Balaban J connectivity index is 2.09. The summed E-state index contributed by atoms with van der Waals surface area (Å²) < 4.78 is 4.95. The lowest BCUT2D eigenvalue weighted by Gasteiger charge is -2.07. The molecule has 2 aromatic carbocycles. The second kappa shape index (κ2) is 6.91. The molecule has 124 valence electrons. The zero-order chi connectivity index (χ0) is 17.9. The van der Waals surface area contributed by atoms with Gasteiger partial charge < -0.3 is 10.5 Å². The second-order valence-corrected chi connectivity index (χ2v) is 5.35. The van der Waals surface area contributed by atoms with E-state index in [1.165, 1.54) is 12.1 Å². The molecular weight excluding hydrogens is 312 g/mol. The highest BCUT2D eigenvalue weighted by atomic mass is 16.6. The number of nitrogens with zero attached hydrogens (tertiary/aromatic N) is 1. The number of nitro groups is 1. The third-order valence-corrected chi connectivity index (χ3v) is 3.48. The predicted octanol–water partition coefficient (Wildman–Crippen LogP) is 2.83. The van der Waals surface area contributed by atoms with Gasteiger partial charge in [-0.15, -0.1) is 0 Å². The van der Waals surface area contributed by atoms with Gasteiger partial charge in [0.25, 0.3) is 5.69 Å². The van der Waals surface area contributed by atoms with Crippen LogP contribution in [-0.2, 0) is 4.74 Å². The van der Waals surface area contributed by atoms with Gasteiger partial charge in [-0.3, -0.25) is 14.9 Å². The third kappa shape index (κ3) is 3.75. The summed E-state index contributed by atoms with van der Waals surface area (Å²) in [6.07, 6.45) is 0. The molecule has 0 amide bonds. The zero-order valence-electron chi connectivity index (χ0n) is 13.2. The molecule has 0 saturated carbocycles. The molecule has 0 spiro atoms. The van der Waals surface area contributed by atoms with Crippen LogP contribution in [-0.4, -0.2) is 23.3 Å². The molecule has 0 saturated heterocycles. The first-order valence-corrected chi connectivity index (χ1v) is 7.11. The SMILES string of the molecule is Cc1ccc(C(=O)COC(=O)c2ccc(N)c([N+](=O)[O-])c2)c(C)c1. The number of hydrogen-bond acceptors (Lipinski definition) is 6. The van der Waals surface area contributed by atoms with Crippen LogP contribution < -0.4 is 5.73 Å². The molecule has 2 N–H and O–H groups in total. The zero-order valence-corrected chi connectivity index (χ0v) is 13.2. The van der Waals surface area contributed by atoms with Crippen molar-refractivity contribution in [2.75, 3.05) is 12.3 Å². The Bertz CT molecular complexity index is 830. The number of nitrogens with two attached hydrogens (primary N) is 1. The Hall–Kier alpha value is -3.22. The number of anilines is 1. The first-order valence-electron chi connectivity index (χ1n) is 7.11. The number of ether oxygens (including phenoxy) is 1. The van der Waals surface area contributed by atoms with E-state index >= 15 is 0 Å². The first-order chi connectivity index (χ1) is 11.3. The average molecular weight is 328 g/mol. The van der Waals surface area contributed by atoms with Crippen LogP contribution in [0.4, 0.5) is 11.4 Å². The van der Waals surface area contributed by atoms with Crippen LogP contribution in [0.1, 0.15) is 31.8 Å². The summed E-state index contributed by atoms with van der Waals surface area (Å²) in [5.74, 6) is -1.16. The number of nitro benzene ring substituents is 1. The van der Waals surface area contributed by atoms with Crippen LogP contribution in [0.15, 0.2) is 36.4 Å². The fraction of sp³-hybridized carbons (Fsp3) is 0.176. The smallest absolute Gasteiger partial charge is 0.338 e. The molecule has 0 atom stereocenters. The van der Waals surface area contributed by atoms with Gasteiger partial charge in [-0.2, -0.15) is 0 Å². The third-order valence-electron chi connectivity index (χ3n) is 3.48. The number of nitrogen functional groups attached to an aromatic ring is 1. The van der Waals surface area contributed by atoms with E-state index < -0.39 is 17.5 Å². The number of rotatable bonds is 5. The van der Waals surface area contributed by atoms with E-state index in [9.17, 15) is 19.7 Å². The van der Waals surface area contributed by atoms with Crippen molar-refractivity contribution in [3.63, 3.8) is 0 Å². The van der Waals surface area contributed by atoms with Gasteiger partial charge in [0.2, 0.25) is 5.78 Å². The maximum absolute atomic E-state index is 12.1. The largest absolute Gasteiger partial charge is 0.454 e. The van der Waals surface area contributed by atoms with E-state index in [2.05, 4.69) is 0 Å². The first kappa shape index (κ1) is 17.1. The van der Waals surface area contributed by atoms with Gasteiger partial charge >= 0.3 is 5.97 Å². The number of carbonyl (C=O) groups is 2. The van der Waals surface area contributed by atoms with Gasteiger partial charge in [0.1, 0.15) is 5.69 Å². The Morgan fingerprint density at radius 3 is 2.50 bits per heavy atom. The molecular formula is C17H16N2O5. The molecule has 0 heterocycles. The molecule has 2 aromatic rings. The van der Waals surface area contributed by atoms with Crippen molar-refractivity contribution in [3.05, 3.63) is 68.8 Å². The molecule has 0 aliphatic carbocycles. The van der Waals surface area contributed by atoms with Crippen molar-refractivity contribution < 1.29 is 19.2 Å². The van der Waals surface area contributed by atoms with Crippen LogP contribution in [0.3, 0.4) is 0 Å². The van der Waals surface area contributed by atoms with Crippen molar-refractivity contribution in [2.24, 2.45) is 0 Å². The number of esters is 1. The van der Waals surface area contributed by atoms with Gasteiger partial charge in [0.15, 0.2) is 6.61 Å². The van der Waals surface area contributed by atoms with Crippen LogP contribution in [0, 0.1) is 24.0 Å². The topological polar surface area (TPSA) is 113 Å². The highest BCUT2D eigenvalue weighted by Crippen LogP contribution is 2.22. The fourth-order valence-corrected chi connectivity index (χ4v) is 2.25. The Labute approximate surface area is 138 Å². The molecule has 2 rings (SSSR count). The van der Waals surface area contributed by atoms with Crippen molar-refractivity contribution in [2.45, 2.75) is 13.8 Å². The van der Waals surface area contributed by atoms with E-state index in [4.69, 9.17) is 10.5 Å². The summed E-state index contributed by atoms with van der Waals surface area (Å²) in [5, 5.41) is 10.8. The fourth-order valence-electron chi connectivity index (χ4n) is 2.25. The van der Waals surface area contributed by atoms with Crippen molar-refractivity contribution in [3.8, 4) is 0 Å². The maximum atomic E-state index is 12.1. The summed E-state index contributed by atoms with van der Waals surface area (Å²) >= 11 is 0. The number of carbonyl (C=O) groups excluding carboxylic acids is 2. The monoisotopic (exact) mass is 328 g/mol. The lowest BCUT2D eigenvalue weighted by atomic mass is 10.0.